The lowest BCUT2D eigenvalue weighted by Crippen LogP contribution is -2.44. The molecule has 1 amide bonds. The number of likely N-dealkylation sites (N-methyl/N-ethyl adjacent to an activating group) is 1. The minimum absolute atomic E-state index is 0.235. The molecule has 92 valence electrons. The molecule has 17 heavy (non-hydrogen) atoms. The maximum atomic E-state index is 12.0. The first-order chi connectivity index (χ1) is 8.09. The van der Waals surface area contributed by atoms with Crippen molar-refractivity contribution < 1.29 is 9.90 Å². The highest BCUT2D eigenvalue weighted by atomic mass is 16.3. The Bertz CT molecular complexity index is 471. The Morgan fingerprint density at radius 1 is 1.47 bits per heavy atom. The lowest BCUT2D eigenvalue weighted by atomic mass is 10.2. The van der Waals surface area contributed by atoms with E-state index in [4.69, 9.17) is 0 Å². The van der Waals surface area contributed by atoms with Crippen molar-refractivity contribution in [2.24, 2.45) is 0 Å². The summed E-state index contributed by atoms with van der Waals surface area (Å²) in [6, 6.07) is 4.17. The smallest absolute Gasteiger partial charge is 0.270 e. The van der Waals surface area contributed by atoms with E-state index in [2.05, 4.69) is 10.3 Å². The molecule has 1 fully saturated rings. The van der Waals surface area contributed by atoms with Gasteiger partial charge in [0.25, 0.3) is 5.91 Å². The minimum atomic E-state index is -0.570. The van der Waals surface area contributed by atoms with Crippen LogP contribution < -0.4 is 10.9 Å². The van der Waals surface area contributed by atoms with Gasteiger partial charge >= 0.3 is 0 Å². The summed E-state index contributed by atoms with van der Waals surface area (Å²) in [7, 11) is 1.62. The maximum Gasteiger partial charge on any atom is 0.270 e. The summed E-state index contributed by atoms with van der Waals surface area (Å²) in [6.07, 6.45) is -0.570. The second kappa shape index (κ2) is 4.68. The van der Waals surface area contributed by atoms with Crippen molar-refractivity contribution in [3.63, 3.8) is 0 Å². The van der Waals surface area contributed by atoms with E-state index in [-0.39, 0.29) is 23.2 Å². The molecule has 3 N–H and O–H groups in total. The molecule has 0 aromatic carbocycles. The summed E-state index contributed by atoms with van der Waals surface area (Å²) in [5, 5.41) is 12.7. The highest BCUT2D eigenvalue weighted by Gasteiger charge is 2.31. The molecule has 0 saturated carbocycles. The van der Waals surface area contributed by atoms with Crippen LogP contribution in [0.25, 0.3) is 0 Å². The van der Waals surface area contributed by atoms with Gasteiger partial charge in [0.05, 0.1) is 12.1 Å². The van der Waals surface area contributed by atoms with Crippen LogP contribution in [0.2, 0.25) is 0 Å². The lowest BCUT2D eigenvalue weighted by Gasteiger charge is -2.26. The van der Waals surface area contributed by atoms with Gasteiger partial charge in [-0.2, -0.15) is 0 Å². The van der Waals surface area contributed by atoms with E-state index in [1.807, 2.05) is 0 Å². The number of carbonyl (C=O) groups is 1. The third-order valence-corrected chi connectivity index (χ3v) is 2.97. The number of carbonyl (C=O) groups excluding carboxylic acids is 1. The van der Waals surface area contributed by atoms with Gasteiger partial charge in [-0.05, 0) is 6.07 Å². The number of amides is 1. The van der Waals surface area contributed by atoms with Gasteiger partial charge in [0.15, 0.2) is 0 Å². The molecule has 1 aliphatic rings. The first-order valence-electron chi connectivity index (χ1n) is 5.45. The second-order valence-electron chi connectivity index (χ2n) is 4.14. The molecular weight excluding hydrogens is 222 g/mol. The molecule has 0 unspecified atom stereocenters. The van der Waals surface area contributed by atoms with Gasteiger partial charge in [-0.25, -0.2) is 0 Å². The maximum absolute atomic E-state index is 12.0. The van der Waals surface area contributed by atoms with E-state index in [0.29, 0.717) is 13.1 Å². The molecule has 6 nitrogen and oxygen atoms in total. The van der Waals surface area contributed by atoms with Crippen LogP contribution in [-0.2, 0) is 0 Å². The Balaban J connectivity index is 2.17. The number of pyridine rings is 1. The number of aromatic amines is 1. The van der Waals surface area contributed by atoms with Crippen molar-refractivity contribution in [3.05, 3.63) is 34.2 Å². The number of nitrogens with zero attached hydrogens (tertiary/aromatic N) is 1. The van der Waals surface area contributed by atoms with Crippen LogP contribution in [-0.4, -0.2) is 53.2 Å². The van der Waals surface area contributed by atoms with Crippen LogP contribution in [0.5, 0.6) is 0 Å². The summed E-state index contributed by atoms with van der Waals surface area (Å²) in [5.74, 6) is -0.296. The lowest BCUT2D eigenvalue weighted by molar-refractivity contribution is 0.0575. The van der Waals surface area contributed by atoms with Crippen LogP contribution >= 0.6 is 0 Å². The van der Waals surface area contributed by atoms with Gasteiger partial charge in [0, 0.05) is 26.2 Å². The number of hydrogen-bond donors (Lipinski definition) is 3. The average Bonchev–Trinajstić information content (AvgIpc) is 2.73. The Kier molecular flexibility index (Phi) is 3.26. The van der Waals surface area contributed by atoms with Gasteiger partial charge in [-0.3, -0.25) is 9.59 Å². The molecule has 6 heteroatoms. The predicted molar refractivity (Wildman–Crippen MR) is 61.8 cm³/mol. The van der Waals surface area contributed by atoms with Crippen LogP contribution in [0.1, 0.15) is 10.5 Å². The first kappa shape index (κ1) is 11.8. The van der Waals surface area contributed by atoms with Crippen molar-refractivity contribution in [1.29, 1.82) is 0 Å². The third kappa shape index (κ3) is 2.37. The number of aliphatic hydroxyl groups is 1. The largest absolute Gasteiger partial charge is 0.390 e. The van der Waals surface area contributed by atoms with Gasteiger partial charge in [-0.15, -0.1) is 0 Å². The van der Waals surface area contributed by atoms with Gasteiger partial charge in [0.1, 0.15) is 5.69 Å². The molecule has 2 atom stereocenters. The van der Waals surface area contributed by atoms with Gasteiger partial charge in [0.2, 0.25) is 5.56 Å². The fraction of sp³-hybridized carbons (Fsp3) is 0.455. The van der Waals surface area contributed by atoms with Crippen LogP contribution in [0.3, 0.4) is 0 Å². The van der Waals surface area contributed by atoms with Crippen molar-refractivity contribution >= 4 is 5.91 Å². The van der Waals surface area contributed by atoms with Crippen LogP contribution in [0.4, 0.5) is 0 Å². The molecule has 0 radical (unpaired) electrons. The Morgan fingerprint density at radius 3 is 2.82 bits per heavy atom. The summed E-state index contributed by atoms with van der Waals surface area (Å²) in [5.41, 5.74) is -0.0755. The fourth-order valence-electron chi connectivity index (χ4n) is 1.96. The number of aromatic nitrogens is 1. The molecule has 1 saturated heterocycles. The SMILES string of the molecule is CN(C(=O)c1cccc(=O)[nH]1)[C@H]1CNC[C@@H]1O. The third-order valence-electron chi connectivity index (χ3n) is 2.97. The highest BCUT2D eigenvalue weighted by Crippen LogP contribution is 2.10. The molecule has 0 aliphatic carbocycles. The average molecular weight is 237 g/mol. The normalized spacial score (nSPS) is 23.6. The highest BCUT2D eigenvalue weighted by molar-refractivity contribution is 5.92. The molecular formula is C11H15N3O3. The Morgan fingerprint density at radius 2 is 2.24 bits per heavy atom. The number of β-amino-alcohol motifs (C(OH)–C–C–N with tert-alkyl or cyclic N) is 1. The first-order valence-corrected chi connectivity index (χ1v) is 5.45. The molecule has 1 aromatic heterocycles. The van der Waals surface area contributed by atoms with Crippen LogP contribution in [0.15, 0.2) is 23.0 Å². The Hall–Kier alpha value is -1.66. The summed E-state index contributed by atoms with van der Waals surface area (Å²) >= 11 is 0. The van der Waals surface area contributed by atoms with E-state index in [1.54, 1.807) is 13.1 Å². The van der Waals surface area contributed by atoms with E-state index in [1.165, 1.54) is 17.0 Å². The van der Waals surface area contributed by atoms with Crippen molar-refractivity contribution in [2.45, 2.75) is 12.1 Å². The minimum Gasteiger partial charge on any atom is -0.390 e. The molecule has 1 aliphatic heterocycles. The Labute approximate surface area is 98.3 Å². The monoisotopic (exact) mass is 237 g/mol. The number of rotatable bonds is 2. The number of H-pyrrole nitrogens is 1. The van der Waals surface area contributed by atoms with E-state index < -0.39 is 6.10 Å². The molecule has 2 rings (SSSR count). The molecule has 0 bridgehead atoms. The van der Waals surface area contributed by atoms with Gasteiger partial charge in [-0.1, -0.05) is 6.07 Å². The zero-order chi connectivity index (χ0) is 12.4. The topological polar surface area (TPSA) is 85.4 Å². The van der Waals surface area contributed by atoms with Crippen molar-refractivity contribution in [1.82, 2.24) is 15.2 Å². The van der Waals surface area contributed by atoms with Crippen molar-refractivity contribution in [3.8, 4) is 0 Å². The van der Waals surface area contributed by atoms with Crippen LogP contribution in [0, 0.1) is 0 Å². The zero-order valence-electron chi connectivity index (χ0n) is 9.51. The standard InChI is InChI=1S/C11H15N3O3/c1-14(8-5-12-6-9(8)15)11(17)7-3-2-4-10(16)13-7/h2-4,8-9,12,15H,5-6H2,1H3,(H,13,16)/t8-,9-/m0/s1. The van der Waals surface area contributed by atoms with E-state index >= 15 is 0 Å². The predicted octanol–water partition coefficient (Wildman–Crippen LogP) is -1.22. The fourth-order valence-corrected chi connectivity index (χ4v) is 1.96. The number of hydrogen-bond acceptors (Lipinski definition) is 4. The van der Waals surface area contributed by atoms with E-state index in [0.717, 1.165) is 0 Å². The molecule has 2 heterocycles. The summed E-state index contributed by atoms with van der Waals surface area (Å²) in [6.45, 7) is 1.04. The zero-order valence-corrected chi connectivity index (χ0v) is 9.51. The second-order valence-corrected chi connectivity index (χ2v) is 4.14. The summed E-state index contributed by atoms with van der Waals surface area (Å²) < 4.78 is 0. The quantitative estimate of drug-likeness (QED) is 0.602. The molecule has 0 spiro atoms. The summed E-state index contributed by atoms with van der Waals surface area (Å²) in [4.78, 5) is 27.1. The number of nitrogens with one attached hydrogen (secondary N) is 2. The van der Waals surface area contributed by atoms with Crippen molar-refractivity contribution in [2.75, 3.05) is 20.1 Å². The van der Waals surface area contributed by atoms with Gasteiger partial charge < -0.3 is 20.3 Å². The van der Waals surface area contributed by atoms with E-state index in [9.17, 15) is 14.7 Å². The number of aliphatic hydroxyl groups excluding tert-OH is 1. The molecule has 1 aromatic rings.